The standard InChI is InChI=1S/C12H13Cl2NO/c1-12(7-11(14)16)10-6-9(13)3-2-8(10)4-5-15-12/h2-3,6,15H,4-5,7H2,1H3. The van der Waals surface area contributed by atoms with Gasteiger partial charge in [-0.15, -0.1) is 0 Å². The SMILES string of the molecule is CC1(CC(=O)Cl)NCCc2ccc(Cl)cc21. The van der Waals surface area contributed by atoms with E-state index in [9.17, 15) is 4.79 Å². The van der Waals surface area contributed by atoms with E-state index in [0.717, 1.165) is 18.5 Å². The van der Waals surface area contributed by atoms with Crippen molar-refractivity contribution in [2.45, 2.75) is 25.3 Å². The first-order valence-corrected chi connectivity index (χ1v) is 5.99. The molecule has 2 rings (SSSR count). The highest BCUT2D eigenvalue weighted by atomic mass is 35.5. The molecule has 1 aromatic carbocycles. The van der Waals surface area contributed by atoms with Crippen LogP contribution in [0.15, 0.2) is 18.2 Å². The molecule has 1 aliphatic rings. The van der Waals surface area contributed by atoms with Crippen LogP contribution in [0.2, 0.25) is 5.02 Å². The van der Waals surface area contributed by atoms with Crippen molar-refractivity contribution in [2.75, 3.05) is 6.54 Å². The lowest BCUT2D eigenvalue weighted by Gasteiger charge is -2.36. The Balaban J connectivity index is 2.45. The molecule has 0 amide bonds. The van der Waals surface area contributed by atoms with E-state index in [1.807, 2.05) is 25.1 Å². The van der Waals surface area contributed by atoms with E-state index in [-0.39, 0.29) is 11.7 Å². The average molecular weight is 258 g/mol. The zero-order valence-corrected chi connectivity index (χ0v) is 10.5. The maximum Gasteiger partial charge on any atom is 0.223 e. The van der Waals surface area contributed by atoms with Gasteiger partial charge in [-0.2, -0.15) is 0 Å². The largest absolute Gasteiger partial charge is 0.307 e. The van der Waals surface area contributed by atoms with E-state index in [2.05, 4.69) is 5.32 Å². The van der Waals surface area contributed by atoms with Crippen molar-refractivity contribution in [1.29, 1.82) is 0 Å². The molecule has 0 aliphatic carbocycles. The average Bonchev–Trinajstić information content (AvgIpc) is 2.18. The van der Waals surface area contributed by atoms with Gasteiger partial charge < -0.3 is 5.32 Å². The van der Waals surface area contributed by atoms with Gasteiger partial charge in [0, 0.05) is 23.5 Å². The lowest BCUT2D eigenvalue weighted by molar-refractivity contribution is -0.113. The zero-order valence-electron chi connectivity index (χ0n) is 9.02. The van der Waals surface area contributed by atoms with E-state index >= 15 is 0 Å². The van der Waals surface area contributed by atoms with Crippen LogP contribution in [0.5, 0.6) is 0 Å². The normalized spacial score (nSPS) is 23.9. The molecule has 2 nitrogen and oxygen atoms in total. The van der Waals surface area contributed by atoms with Gasteiger partial charge in [-0.3, -0.25) is 4.79 Å². The van der Waals surface area contributed by atoms with Gasteiger partial charge in [-0.05, 0) is 48.2 Å². The molecule has 1 aliphatic heterocycles. The van der Waals surface area contributed by atoms with Crippen molar-refractivity contribution in [3.8, 4) is 0 Å². The molecule has 86 valence electrons. The molecule has 1 heterocycles. The minimum absolute atomic E-state index is 0.280. The summed E-state index contributed by atoms with van der Waals surface area (Å²) in [6, 6.07) is 5.83. The van der Waals surface area contributed by atoms with Crippen molar-refractivity contribution in [3.63, 3.8) is 0 Å². The Morgan fingerprint density at radius 2 is 2.31 bits per heavy atom. The number of benzene rings is 1. The summed E-state index contributed by atoms with van der Waals surface area (Å²) in [4.78, 5) is 11.1. The topological polar surface area (TPSA) is 29.1 Å². The maximum atomic E-state index is 11.1. The molecule has 0 saturated heterocycles. The molecule has 0 fully saturated rings. The van der Waals surface area contributed by atoms with Crippen LogP contribution < -0.4 is 5.32 Å². The summed E-state index contributed by atoms with van der Waals surface area (Å²) in [6.07, 6.45) is 1.24. The van der Waals surface area contributed by atoms with E-state index in [1.165, 1.54) is 5.56 Å². The fraction of sp³-hybridized carbons (Fsp3) is 0.417. The van der Waals surface area contributed by atoms with Crippen molar-refractivity contribution < 1.29 is 4.79 Å². The maximum absolute atomic E-state index is 11.1. The molecular weight excluding hydrogens is 245 g/mol. The second kappa shape index (κ2) is 4.36. The summed E-state index contributed by atoms with van der Waals surface area (Å²) in [5.41, 5.74) is 1.93. The number of rotatable bonds is 2. The minimum atomic E-state index is -0.392. The molecule has 1 unspecified atom stereocenters. The molecule has 1 atom stereocenters. The Kier molecular flexibility index (Phi) is 3.24. The molecule has 0 aromatic heterocycles. The van der Waals surface area contributed by atoms with Crippen LogP contribution in [0.3, 0.4) is 0 Å². The van der Waals surface area contributed by atoms with Gasteiger partial charge >= 0.3 is 0 Å². The highest BCUT2D eigenvalue weighted by molar-refractivity contribution is 6.63. The summed E-state index contributed by atoms with van der Waals surface area (Å²) >= 11 is 11.5. The van der Waals surface area contributed by atoms with E-state index in [0.29, 0.717) is 5.02 Å². The first-order valence-electron chi connectivity index (χ1n) is 5.23. The molecule has 1 N–H and O–H groups in total. The Morgan fingerprint density at radius 1 is 1.56 bits per heavy atom. The van der Waals surface area contributed by atoms with Gasteiger partial charge in [-0.25, -0.2) is 0 Å². The molecule has 0 radical (unpaired) electrons. The lowest BCUT2D eigenvalue weighted by Crippen LogP contribution is -2.45. The van der Waals surface area contributed by atoms with Gasteiger partial charge in [-0.1, -0.05) is 17.7 Å². The Hall–Kier alpha value is -0.570. The van der Waals surface area contributed by atoms with Crippen LogP contribution in [0, 0.1) is 0 Å². The van der Waals surface area contributed by atoms with Gasteiger partial charge in [0.25, 0.3) is 0 Å². The second-order valence-corrected chi connectivity index (χ2v) is 5.20. The van der Waals surface area contributed by atoms with Crippen LogP contribution in [0.4, 0.5) is 0 Å². The van der Waals surface area contributed by atoms with Gasteiger partial charge in [0.05, 0.1) is 0 Å². The van der Waals surface area contributed by atoms with Crippen LogP contribution in [-0.2, 0) is 16.8 Å². The number of hydrogen-bond donors (Lipinski definition) is 1. The summed E-state index contributed by atoms with van der Waals surface area (Å²) in [5, 5.41) is 3.71. The molecular formula is C12H13Cl2NO. The highest BCUT2D eigenvalue weighted by Gasteiger charge is 2.33. The minimum Gasteiger partial charge on any atom is -0.307 e. The first-order chi connectivity index (χ1) is 7.51. The number of nitrogens with one attached hydrogen (secondary N) is 1. The molecule has 1 aromatic rings. The fourth-order valence-electron chi connectivity index (χ4n) is 2.28. The summed E-state index contributed by atoms with van der Waals surface area (Å²) in [7, 11) is 0. The summed E-state index contributed by atoms with van der Waals surface area (Å²) in [5.74, 6) is 0. The van der Waals surface area contributed by atoms with Gasteiger partial charge in [0.1, 0.15) is 0 Å². The fourth-order valence-corrected chi connectivity index (χ4v) is 2.72. The smallest absolute Gasteiger partial charge is 0.223 e. The highest BCUT2D eigenvalue weighted by Crippen LogP contribution is 2.33. The Labute approximate surface area is 105 Å². The van der Waals surface area contributed by atoms with Crippen LogP contribution in [-0.4, -0.2) is 11.8 Å². The van der Waals surface area contributed by atoms with Crippen LogP contribution >= 0.6 is 23.2 Å². The second-order valence-electron chi connectivity index (χ2n) is 4.34. The Morgan fingerprint density at radius 3 is 3.00 bits per heavy atom. The molecule has 4 heteroatoms. The predicted molar refractivity (Wildman–Crippen MR) is 66.0 cm³/mol. The third-order valence-electron chi connectivity index (χ3n) is 3.07. The predicted octanol–water partition coefficient (Wildman–Crippen LogP) is 2.86. The number of hydrogen-bond acceptors (Lipinski definition) is 2. The van der Waals surface area contributed by atoms with E-state index in [1.54, 1.807) is 0 Å². The van der Waals surface area contributed by atoms with Crippen molar-refractivity contribution in [3.05, 3.63) is 34.3 Å². The van der Waals surface area contributed by atoms with Crippen molar-refractivity contribution in [1.82, 2.24) is 5.32 Å². The van der Waals surface area contributed by atoms with E-state index < -0.39 is 5.54 Å². The third-order valence-corrected chi connectivity index (χ3v) is 3.44. The van der Waals surface area contributed by atoms with Gasteiger partial charge in [0.2, 0.25) is 5.24 Å². The van der Waals surface area contributed by atoms with Gasteiger partial charge in [0.15, 0.2) is 0 Å². The third kappa shape index (κ3) is 2.24. The Bertz CT molecular complexity index is 433. The van der Waals surface area contributed by atoms with Crippen LogP contribution in [0.1, 0.15) is 24.5 Å². The quantitative estimate of drug-likeness (QED) is 0.826. The van der Waals surface area contributed by atoms with Crippen molar-refractivity contribution in [2.24, 2.45) is 0 Å². The monoisotopic (exact) mass is 257 g/mol. The van der Waals surface area contributed by atoms with E-state index in [4.69, 9.17) is 23.2 Å². The number of halogens is 2. The summed E-state index contributed by atoms with van der Waals surface area (Å²) in [6.45, 7) is 2.84. The molecule has 0 bridgehead atoms. The number of carbonyl (C=O) groups excluding carboxylic acids is 1. The molecule has 0 spiro atoms. The van der Waals surface area contributed by atoms with Crippen LogP contribution in [0.25, 0.3) is 0 Å². The molecule has 0 saturated carbocycles. The molecule has 16 heavy (non-hydrogen) atoms. The lowest BCUT2D eigenvalue weighted by atomic mass is 9.82. The number of fused-ring (bicyclic) bond motifs is 1. The number of carbonyl (C=O) groups is 1. The first kappa shape index (κ1) is 11.9. The zero-order chi connectivity index (χ0) is 11.8. The summed E-state index contributed by atoms with van der Waals surface area (Å²) < 4.78 is 0. The van der Waals surface area contributed by atoms with Crippen molar-refractivity contribution >= 4 is 28.4 Å².